The minimum atomic E-state index is -0.753. The summed E-state index contributed by atoms with van der Waals surface area (Å²) in [4.78, 5) is 20.1. The number of carbonyl (C=O) groups is 1. The molecule has 0 N–H and O–H groups in total. The Morgan fingerprint density at radius 3 is 2.70 bits per heavy atom. The van der Waals surface area contributed by atoms with E-state index in [1.807, 2.05) is 66.7 Å². The maximum absolute atomic E-state index is 13.7. The Bertz CT molecular complexity index is 1190. The monoisotopic (exact) mass is 416 g/mol. The number of hydrogen-bond donors (Lipinski definition) is 0. The fourth-order valence-corrected chi connectivity index (χ4v) is 4.48. The van der Waals surface area contributed by atoms with Gasteiger partial charge in [-0.25, -0.2) is 4.98 Å². The molecule has 5 nitrogen and oxygen atoms in total. The average Bonchev–Trinajstić information content (AvgIpc) is 3.22. The van der Waals surface area contributed by atoms with Crippen LogP contribution in [-0.4, -0.2) is 23.6 Å². The first-order valence-corrected chi connectivity index (χ1v) is 10.7. The van der Waals surface area contributed by atoms with Gasteiger partial charge in [0.15, 0.2) is 16.6 Å². The Labute approximate surface area is 178 Å². The molecule has 6 heteroatoms. The number of benzene rings is 3. The lowest BCUT2D eigenvalue weighted by molar-refractivity contribution is -0.126. The van der Waals surface area contributed by atoms with Crippen LogP contribution in [0.15, 0.2) is 72.8 Å². The number of fused-ring (bicyclic) bond motifs is 2. The lowest BCUT2D eigenvalue weighted by Crippen LogP contribution is -2.44. The number of hydrogen-bond acceptors (Lipinski definition) is 5. The molecule has 5 rings (SSSR count). The molecule has 2 heterocycles. The largest absolute Gasteiger partial charge is 0.485 e. The smallest absolute Gasteiger partial charge is 0.278 e. The number of amides is 1. The van der Waals surface area contributed by atoms with Crippen LogP contribution in [0.2, 0.25) is 0 Å². The summed E-state index contributed by atoms with van der Waals surface area (Å²) in [6, 6.07) is 23.3. The number of rotatable bonds is 4. The SMILES string of the molecule is CCc1cccc(N(C(=O)[C@H]2COc3ccccc3O2)c2nc3ccccc3s2)c1. The van der Waals surface area contributed by atoms with Gasteiger partial charge in [-0.2, -0.15) is 0 Å². The van der Waals surface area contributed by atoms with Gasteiger partial charge in [0, 0.05) is 0 Å². The van der Waals surface area contributed by atoms with E-state index in [0.29, 0.717) is 16.6 Å². The van der Waals surface area contributed by atoms with E-state index >= 15 is 0 Å². The molecule has 4 aromatic rings. The van der Waals surface area contributed by atoms with Crippen molar-refractivity contribution >= 4 is 38.3 Å². The lowest BCUT2D eigenvalue weighted by atomic mass is 10.1. The van der Waals surface area contributed by atoms with Crippen LogP contribution in [-0.2, 0) is 11.2 Å². The van der Waals surface area contributed by atoms with Gasteiger partial charge in [0.25, 0.3) is 5.91 Å². The van der Waals surface area contributed by atoms with Gasteiger partial charge in [-0.15, -0.1) is 0 Å². The predicted octanol–water partition coefficient (Wildman–Crippen LogP) is 5.36. The lowest BCUT2D eigenvalue weighted by Gasteiger charge is -2.29. The number of thiazole rings is 1. The normalized spacial score (nSPS) is 15.2. The van der Waals surface area contributed by atoms with Crippen LogP contribution < -0.4 is 14.4 Å². The van der Waals surface area contributed by atoms with Crippen LogP contribution in [0.1, 0.15) is 12.5 Å². The fraction of sp³-hybridized carbons (Fsp3) is 0.167. The van der Waals surface area contributed by atoms with Gasteiger partial charge in [-0.05, 0) is 48.4 Å². The molecule has 0 saturated heterocycles. The van der Waals surface area contributed by atoms with Crippen LogP contribution in [0.4, 0.5) is 10.8 Å². The summed E-state index contributed by atoms with van der Waals surface area (Å²) in [5.74, 6) is 1.03. The van der Waals surface area contributed by atoms with Gasteiger partial charge in [0.05, 0.1) is 15.9 Å². The third-order valence-electron chi connectivity index (χ3n) is 5.06. The molecule has 0 radical (unpaired) electrons. The zero-order valence-corrected chi connectivity index (χ0v) is 17.3. The van der Waals surface area contributed by atoms with E-state index in [0.717, 1.165) is 27.9 Å². The first-order chi connectivity index (χ1) is 14.7. The molecule has 0 fully saturated rings. The highest BCUT2D eigenvalue weighted by Gasteiger charge is 2.34. The molecular formula is C24H20N2O3S. The Hall–Kier alpha value is -3.38. The summed E-state index contributed by atoms with van der Waals surface area (Å²) in [6.45, 7) is 2.25. The summed E-state index contributed by atoms with van der Waals surface area (Å²) in [6.07, 6.45) is 0.128. The third-order valence-corrected chi connectivity index (χ3v) is 6.08. The minimum absolute atomic E-state index is 0.157. The van der Waals surface area contributed by atoms with Gasteiger partial charge in [0.2, 0.25) is 6.10 Å². The minimum Gasteiger partial charge on any atom is -0.485 e. The zero-order chi connectivity index (χ0) is 20.5. The Kier molecular flexibility index (Phi) is 4.85. The summed E-state index contributed by atoms with van der Waals surface area (Å²) in [5, 5.41) is 0.622. The van der Waals surface area contributed by atoms with Crippen molar-refractivity contribution in [2.45, 2.75) is 19.4 Å². The second kappa shape index (κ2) is 7.80. The second-order valence-electron chi connectivity index (χ2n) is 7.03. The first-order valence-electron chi connectivity index (χ1n) is 9.90. The van der Waals surface area contributed by atoms with E-state index in [4.69, 9.17) is 14.5 Å². The number of ether oxygens (including phenoxy) is 2. The molecule has 0 unspecified atom stereocenters. The van der Waals surface area contributed by atoms with Gasteiger partial charge >= 0.3 is 0 Å². The second-order valence-corrected chi connectivity index (χ2v) is 8.03. The highest BCUT2D eigenvalue weighted by atomic mass is 32.1. The fourth-order valence-electron chi connectivity index (χ4n) is 3.49. The van der Waals surface area contributed by atoms with Crippen molar-refractivity contribution in [1.29, 1.82) is 0 Å². The Morgan fingerprint density at radius 2 is 1.87 bits per heavy atom. The molecular weight excluding hydrogens is 396 g/mol. The first kappa shape index (κ1) is 18.6. The van der Waals surface area contributed by atoms with Gasteiger partial charge in [-0.1, -0.05) is 54.7 Å². The number of para-hydroxylation sites is 3. The van der Waals surface area contributed by atoms with E-state index in [1.54, 1.807) is 4.90 Å². The number of aryl methyl sites for hydroxylation is 1. The number of nitrogens with zero attached hydrogens (tertiary/aromatic N) is 2. The molecule has 1 aromatic heterocycles. The average molecular weight is 417 g/mol. The van der Waals surface area contributed by atoms with E-state index in [-0.39, 0.29) is 12.5 Å². The van der Waals surface area contributed by atoms with Gasteiger partial charge < -0.3 is 9.47 Å². The van der Waals surface area contributed by atoms with E-state index in [1.165, 1.54) is 11.3 Å². The van der Waals surface area contributed by atoms with Crippen molar-refractivity contribution in [3.8, 4) is 11.5 Å². The highest BCUT2D eigenvalue weighted by Crippen LogP contribution is 2.36. The van der Waals surface area contributed by atoms with Crippen molar-refractivity contribution in [3.63, 3.8) is 0 Å². The highest BCUT2D eigenvalue weighted by molar-refractivity contribution is 7.22. The van der Waals surface area contributed by atoms with Gasteiger partial charge in [-0.3, -0.25) is 9.69 Å². The maximum Gasteiger partial charge on any atom is 0.278 e. The molecule has 0 spiro atoms. The molecule has 0 saturated carbocycles. The number of carbonyl (C=O) groups excluding carboxylic acids is 1. The van der Waals surface area contributed by atoms with Crippen LogP contribution in [0, 0.1) is 0 Å². The van der Waals surface area contributed by atoms with Crippen molar-refractivity contribution in [2.24, 2.45) is 0 Å². The number of aromatic nitrogens is 1. The predicted molar refractivity (Wildman–Crippen MR) is 119 cm³/mol. The van der Waals surface area contributed by atoms with Crippen LogP contribution in [0.5, 0.6) is 11.5 Å². The molecule has 0 aliphatic carbocycles. The molecule has 1 aliphatic rings. The molecule has 30 heavy (non-hydrogen) atoms. The molecule has 150 valence electrons. The standard InChI is InChI=1S/C24H20N2O3S/c1-2-16-8-7-9-17(14-16)26(24-25-18-10-3-6-13-22(18)30-24)23(27)21-15-28-19-11-4-5-12-20(19)29-21/h3-14,21H,2,15H2,1H3/t21-/m1/s1. The van der Waals surface area contributed by atoms with Crippen molar-refractivity contribution < 1.29 is 14.3 Å². The summed E-state index contributed by atoms with van der Waals surface area (Å²) >= 11 is 1.49. The Balaban J connectivity index is 1.56. The van der Waals surface area contributed by atoms with Crippen molar-refractivity contribution in [3.05, 3.63) is 78.4 Å². The molecule has 1 aliphatic heterocycles. The summed E-state index contributed by atoms with van der Waals surface area (Å²) in [7, 11) is 0. The molecule has 1 amide bonds. The molecule has 1 atom stereocenters. The van der Waals surface area contributed by atoms with E-state index in [2.05, 4.69) is 13.0 Å². The maximum atomic E-state index is 13.7. The van der Waals surface area contributed by atoms with Crippen LogP contribution in [0.25, 0.3) is 10.2 Å². The van der Waals surface area contributed by atoms with Crippen LogP contribution >= 0.6 is 11.3 Å². The van der Waals surface area contributed by atoms with Crippen LogP contribution in [0.3, 0.4) is 0 Å². The summed E-state index contributed by atoms with van der Waals surface area (Å²) in [5.41, 5.74) is 2.80. The topological polar surface area (TPSA) is 51.7 Å². The quantitative estimate of drug-likeness (QED) is 0.449. The zero-order valence-electron chi connectivity index (χ0n) is 16.4. The van der Waals surface area contributed by atoms with E-state index in [9.17, 15) is 4.79 Å². The van der Waals surface area contributed by atoms with Crippen molar-refractivity contribution in [1.82, 2.24) is 4.98 Å². The summed E-state index contributed by atoms with van der Waals surface area (Å²) < 4.78 is 12.8. The number of anilines is 2. The van der Waals surface area contributed by atoms with Crippen molar-refractivity contribution in [2.75, 3.05) is 11.5 Å². The van der Waals surface area contributed by atoms with Gasteiger partial charge in [0.1, 0.15) is 6.61 Å². The molecule has 0 bridgehead atoms. The van der Waals surface area contributed by atoms with E-state index < -0.39 is 6.10 Å². The Morgan fingerprint density at radius 1 is 1.07 bits per heavy atom. The third kappa shape index (κ3) is 3.39. The molecule has 3 aromatic carbocycles.